The molecule has 6 nitrogen and oxygen atoms in total. The van der Waals surface area contributed by atoms with Crippen LogP contribution in [0.15, 0.2) is 6.20 Å². The maximum atomic E-state index is 12.2. The monoisotopic (exact) mass is 380 g/mol. The Kier molecular flexibility index (Phi) is 6.18. The number of thiophene rings is 1. The Labute approximate surface area is 157 Å². The van der Waals surface area contributed by atoms with Gasteiger partial charge in [-0.1, -0.05) is 6.92 Å². The molecule has 8 heteroatoms. The highest BCUT2D eigenvalue weighted by Gasteiger charge is 2.23. The first-order chi connectivity index (χ1) is 11.8. The predicted octanol–water partition coefficient (Wildman–Crippen LogP) is 3.50. The van der Waals surface area contributed by atoms with Crippen LogP contribution in [0.4, 0.5) is 5.00 Å². The second-order valence-electron chi connectivity index (χ2n) is 5.85. The summed E-state index contributed by atoms with van der Waals surface area (Å²) in [6, 6.07) is 0.00183. The molecule has 0 aromatic carbocycles. The number of nitrogens with one attached hydrogen (secondary N) is 2. The van der Waals surface area contributed by atoms with E-state index >= 15 is 0 Å². The maximum absolute atomic E-state index is 12.2. The average molecular weight is 381 g/mol. The molecule has 136 valence electrons. The van der Waals surface area contributed by atoms with Crippen molar-refractivity contribution in [2.24, 2.45) is 7.05 Å². The number of anilines is 1. The van der Waals surface area contributed by atoms with Crippen molar-refractivity contribution in [1.29, 1.82) is 0 Å². The number of ether oxygens (including phenoxy) is 1. The quantitative estimate of drug-likeness (QED) is 0.611. The zero-order chi connectivity index (χ0) is 18.7. The molecular weight excluding hydrogens is 356 g/mol. The first-order valence-electron chi connectivity index (χ1n) is 8.06. The minimum atomic E-state index is -0.345. The molecule has 0 spiro atoms. The molecule has 0 fully saturated rings. The Bertz CT molecular complexity index is 795. The second kappa shape index (κ2) is 7.97. The van der Waals surface area contributed by atoms with E-state index in [4.69, 9.17) is 17.0 Å². The third-order valence-corrected chi connectivity index (χ3v) is 5.33. The fourth-order valence-corrected chi connectivity index (χ4v) is 4.35. The summed E-state index contributed by atoms with van der Waals surface area (Å²) in [5.41, 5.74) is 3.61. The fourth-order valence-electron chi connectivity index (χ4n) is 2.87. The number of carbonyl (C=O) groups excluding carboxylic acids is 1. The molecule has 0 bridgehead atoms. The first-order valence-corrected chi connectivity index (χ1v) is 9.29. The van der Waals surface area contributed by atoms with Gasteiger partial charge in [-0.05, 0) is 45.0 Å². The van der Waals surface area contributed by atoms with E-state index < -0.39 is 0 Å². The van der Waals surface area contributed by atoms with Crippen LogP contribution in [0, 0.1) is 13.8 Å². The highest BCUT2D eigenvalue weighted by atomic mass is 32.1. The van der Waals surface area contributed by atoms with Crippen LogP contribution in [-0.2, 0) is 18.2 Å². The summed E-state index contributed by atoms with van der Waals surface area (Å²) in [6.45, 7) is 8.01. The second-order valence-corrected chi connectivity index (χ2v) is 7.48. The van der Waals surface area contributed by atoms with E-state index in [-0.39, 0.29) is 12.0 Å². The Morgan fingerprint density at radius 2 is 2.16 bits per heavy atom. The minimum absolute atomic E-state index is 0.00183. The summed E-state index contributed by atoms with van der Waals surface area (Å²) in [4.78, 5) is 13.3. The van der Waals surface area contributed by atoms with Gasteiger partial charge in [-0.25, -0.2) is 4.79 Å². The van der Waals surface area contributed by atoms with Gasteiger partial charge in [0.15, 0.2) is 5.11 Å². The van der Waals surface area contributed by atoms with Crippen LogP contribution < -0.4 is 10.6 Å². The van der Waals surface area contributed by atoms with Crippen molar-refractivity contribution in [3.05, 3.63) is 33.5 Å². The molecule has 0 amide bonds. The molecule has 0 saturated carbocycles. The van der Waals surface area contributed by atoms with E-state index in [1.165, 1.54) is 18.4 Å². The van der Waals surface area contributed by atoms with Gasteiger partial charge in [0, 0.05) is 23.7 Å². The van der Waals surface area contributed by atoms with Crippen molar-refractivity contribution in [3.8, 4) is 0 Å². The summed E-state index contributed by atoms with van der Waals surface area (Å²) in [5, 5.41) is 11.9. The molecule has 0 saturated heterocycles. The Morgan fingerprint density at radius 3 is 2.68 bits per heavy atom. The SMILES string of the molecule is CCc1c(C)sc(NC(=S)NC(C)c2cn(C)nc2C)c1C(=O)OC. The molecular formula is C17H24N4O2S2. The van der Waals surface area contributed by atoms with Crippen molar-refractivity contribution in [3.63, 3.8) is 0 Å². The highest BCUT2D eigenvalue weighted by molar-refractivity contribution is 7.80. The third-order valence-electron chi connectivity index (χ3n) is 4.04. The van der Waals surface area contributed by atoms with Gasteiger partial charge in [0.2, 0.25) is 0 Å². The molecule has 1 atom stereocenters. The number of aromatic nitrogens is 2. The lowest BCUT2D eigenvalue weighted by Crippen LogP contribution is -2.31. The minimum Gasteiger partial charge on any atom is -0.465 e. The lowest BCUT2D eigenvalue weighted by molar-refractivity contribution is 0.0601. The lowest BCUT2D eigenvalue weighted by Gasteiger charge is -2.16. The van der Waals surface area contributed by atoms with E-state index in [1.807, 2.05) is 40.9 Å². The number of rotatable bonds is 5. The topological polar surface area (TPSA) is 68.2 Å². The number of aryl methyl sites for hydroxylation is 3. The van der Waals surface area contributed by atoms with Gasteiger partial charge in [0.05, 0.1) is 24.4 Å². The maximum Gasteiger partial charge on any atom is 0.341 e. The molecule has 2 N–H and O–H groups in total. The molecule has 2 aromatic heterocycles. The van der Waals surface area contributed by atoms with Gasteiger partial charge < -0.3 is 15.4 Å². The zero-order valence-electron chi connectivity index (χ0n) is 15.4. The zero-order valence-corrected chi connectivity index (χ0v) is 17.0. The third kappa shape index (κ3) is 4.19. The standard InChI is InChI=1S/C17H24N4O2S2/c1-7-12-11(4)25-15(14(12)16(22)23-6)19-17(24)18-9(2)13-8-21(5)20-10(13)3/h8-9H,7H2,1-6H3,(H2,18,19,24). The molecule has 2 rings (SSSR count). The van der Waals surface area contributed by atoms with Crippen LogP contribution in [0.2, 0.25) is 0 Å². The largest absolute Gasteiger partial charge is 0.465 e. The van der Waals surface area contributed by atoms with Crippen molar-refractivity contribution >= 4 is 39.6 Å². The first kappa shape index (κ1) is 19.4. The van der Waals surface area contributed by atoms with E-state index in [0.29, 0.717) is 15.7 Å². The van der Waals surface area contributed by atoms with Gasteiger partial charge in [0.1, 0.15) is 5.00 Å². The highest BCUT2D eigenvalue weighted by Crippen LogP contribution is 2.34. The Balaban J connectivity index is 2.18. The number of carbonyl (C=O) groups is 1. The normalized spacial score (nSPS) is 11.9. The van der Waals surface area contributed by atoms with Crippen molar-refractivity contribution in [2.75, 3.05) is 12.4 Å². The number of nitrogens with zero attached hydrogens (tertiary/aromatic N) is 2. The van der Waals surface area contributed by atoms with Gasteiger partial charge in [-0.2, -0.15) is 5.10 Å². The molecule has 2 heterocycles. The summed E-state index contributed by atoms with van der Waals surface area (Å²) in [6.07, 6.45) is 2.74. The smallest absolute Gasteiger partial charge is 0.341 e. The van der Waals surface area contributed by atoms with Gasteiger partial charge in [-0.15, -0.1) is 11.3 Å². The van der Waals surface area contributed by atoms with Gasteiger partial charge in [-0.3, -0.25) is 4.68 Å². The van der Waals surface area contributed by atoms with Gasteiger partial charge >= 0.3 is 5.97 Å². The van der Waals surface area contributed by atoms with Crippen molar-refractivity contribution in [2.45, 2.75) is 40.2 Å². The van der Waals surface area contributed by atoms with Crippen LogP contribution in [-0.4, -0.2) is 28.0 Å². The predicted molar refractivity (Wildman–Crippen MR) is 105 cm³/mol. The van der Waals surface area contributed by atoms with E-state index in [2.05, 4.69) is 15.7 Å². The average Bonchev–Trinajstić information content (AvgIpc) is 3.04. The van der Waals surface area contributed by atoms with Crippen LogP contribution in [0.3, 0.4) is 0 Å². The molecule has 1 unspecified atom stereocenters. The molecule has 0 aliphatic carbocycles. The summed E-state index contributed by atoms with van der Waals surface area (Å²) >= 11 is 6.95. The summed E-state index contributed by atoms with van der Waals surface area (Å²) < 4.78 is 6.72. The van der Waals surface area contributed by atoms with Crippen LogP contribution in [0.5, 0.6) is 0 Å². The fraction of sp³-hybridized carbons (Fsp3) is 0.471. The molecule has 0 aliphatic heterocycles. The van der Waals surface area contributed by atoms with E-state index in [0.717, 1.165) is 28.1 Å². The van der Waals surface area contributed by atoms with Crippen LogP contribution in [0.1, 0.15) is 51.9 Å². The molecule has 25 heavy (non-hydrogen) atoms. The number of esters is 1. The van der Waals surface area contributed by atoms with Gasteiger partial charge in [0.25, 0.3) is 0 Å². The number of thiocarbonyl (C=S) groups is 1. The lowest BCUT2D eigenvalue weighted by atomic mass is 10.1. The molecule has 2 aromatic rings. The van der Waals surface area contributed by atoms with Crippen molar-refractivity contribution in [1.82, 2.24) is 15.1 Å². The molecule has 0 aliphatic rings. The van der Waals surface area contributed by atoms with Crippen molar-refractivity contribution < 1.29 is 9.53 Å². The number of methoxy groups -OCH3 is 1. The summed E-state index contributed by atoms with van der Waals surface area (Å²) in [7, 11) is 3.28. The van der Waals surface area contributed by atoms with Crippen LogP contribution in [0.25, 0.3) is 0 Å². The number of hydrogen-bond donors (Lipinski definition) is 2. The summed E-state index contributed by atoms with van der Waals surface area (Å²) in [5.74, 6) is -0.345. The van der Waals surface area contributed by atoms with E-state index in [9.17, 15) is 4.79 Å². The number of hydrogen-bond acceptors (Lipinski definition) is 5. The Hall–Kier alpha value is -1.93. The van der Waals surface area contributed by atoms with Crippen LogP contribution >= 0.6 is 23.6 Å². The molecule has 0 radical (unpaired) electrons. The van der Waals surface area contributed by atoms with E-state index in [1.54, 1.807) is 4.68 Å². The Morgan fingerprint density at radius 1 is 1.48 bits per heavy atom.